The van der Waals surface area contributed by atoms with Gasteiger partial charge in [-0.05, 0) is 19.1 Å². The topological polar surface area (TPSA) is 90.5 Å². The lowest BCUT2D eigenvalue weighted by Gasteiger charge is -2.44. The van der Waals surface area contributed by atoms with Crippen molar-refractivity contribution >= 4 is 29.3 Å². The first-order valence-electron chi connectivity index (χ1n) is 6.18. The Morgan fingerprint density at radius 1 is 1.20 bits per heavy atom. The number of nitrogens with zero attached hydrogens (tertiary/aromatic N) is 1. The van der Waals surface area contributed by atoms with Crippen LogP contribution in [0.2, 0.25) is 0 Å². The van der Waals surface area contributed by atoms with Crippen LogP contribution < -0.4 is 16.0 Å². The van der Waals surface area contributed by atoms with Crippen LogP contribution in [0, 0.1) is 12.8 Å². The first-order chi connectivity index (χ1) is 9.47. The first kappa shape index (κ1) is 12.9. The normalized spacial score (nSPS) is 29.4. The molecular weight excluding hydrogens is 280 g/mol. The van der Waals surface area contributed by atoms with Gasteiger partial charge in [-0.15, -0.1) is 11.3 Å². The molecule has 2 aliphatic rings. The van der Waals surface area contributed by atoms with Gasteiger partial charge in [0.25, 0.3) is 0 Å². The van der Waals surface area contributed by atoms with E-state index < -0.39 is 24.2 Å². The average Bonchev–Trinajstić information content (AvgIpc) is 2.81. The quantitative estimate of drug-likeness (QED) is 0.706. The van der Waals surface area contributed by atoms with Crippen LogP contribution in [0.5, 0.6) is 0 Å². The molecule has 3 rings (SSSR count). The molecule has 5 amide bonds. The fourth-order valence-corrected chi connectivity index (χ4v) is 3.56. The van der Waals surface area contributed by atoms with E-state index in [2.05, 4.69) is 16.0 Å². The monoisotopic (exact) mass is 294 g/mol. The Balaban J connectivity index is 1.99. The second-order valence-electron chi connectivity index (χ2n) is 4.92. The summed E-state index contributed by atoms with van der Waals surface area (Å²) < 4.78 is 0. The van der Waals surface area contributed by atoms with Crippen LogP contribution in [0.15, 0.2) is 12.1 Å². The Hall–Kier alpha value is -2.09. The molecule has 0 bridgehead atoms. The maximum atomic E-state index is 12.1. The van der Waals surface area contributed by atoms with Gasteiger partial charge in [0.1, 0.15) is 12.1 Å². The average molecular weight is 294 g/mol. The van der Waals surface area contributed by atoms with Crippen molar-refractivity contribution in [3.63, 3.8) is 0 Å². The van der Waals surface area contributed by atoms with Gasteiger partial charge in [-0.25, -0.2) is 9.59 Å². The number of thiophene rings is 1. The number of rotatable bonds is 1. The summed E-state index contributed by atoms with van der Waals surface area (Å²) in [6, 6.07) is 2.54. The molecule has 0 radical (unpaired) electrons. The number of nitrogens with one attached hydrogen (secondary N) is 3. The summed E-state index contributed by atoms with van der Waals surface area (Å²) in [6.45, 7) is 1.96. The number of carbonyl (C=O) groups excluding carboxylic acids is 3. The van der Waals surface area contributed by atoms with E-state index in [-0.39, 0.29) is 11.9 Å². The number of hydrogen-bond donors (Lipinski definition) is 3. The molecule has 0 aromatic carbocycles. The lowest BCUT2D eigenvalue weighted by Crippen LogP contribution is -2.71. The summed E-state index contributed by atoms with van der Waals surface area (Å²) in [4.78, 5) is 38.9. The minimum atomic E-state index is -0.627. The maximum Gasteiger partial charge on any atom is 0.325 e. The van der Waals surface area contributed by atoms with Gasteiger partial charge >= 0.3 is 12.1 Å². The van der Waals surface area contributed by atoms with E-state index in [9.17, 15) is 14.4 Å². The Bertz CT molecular complexity index is 599. The molecule has 8 heteroatoms. The number of hydrogen-bond acceptors (Lipinski definition) is 4. The summed E-state index contributed by atoms with van der Waals surface area (Å²) in [7, 11) is 1.56. The number of aryl methyl sites for hydroxylation is 1. The molecule has 3 atom stereocenters. The molecule has 3 heterocycles. The molecule has 0 saturated carbocycles. The maximum absolute atomic E-state index is 12.1. The van der Waals surface area contributed by atoms with Crippen molar-refractivity contribution in [2.45, 2.75) is 19.1 Å². The molecular formula is C12H14N4O3S. The zero-order valence-electron chi connectivity index (χ0n) is 11.0. The van der Waals surface area contributed by atoms with Crippen molar-refractivity contribution < 1.29 is 14.4 Å². The predicted octanol–water partition coefficient (Wildman–Crippen LogP) is 0.534. The lowest BCUT2D eigenvalue weighted by atomic mass is 9.90. The smallest absolute Gasteiger partial charge is 0.325 e. The van der Waals surface area contributed by atoms with Gasteiger partial charge in [0.15, 0.2) is 0 Å². The molecule has 3 unspecified atom stereocenters. The lowest BCUT2D eigenvalue weighted by molar-refractivity contribution is -0.130. The third-order valence-electron chi connectivity index (χ3n) is 3.60. The summed E-state index contributed by atoms with van der Waals surface area (Å²) in [5.41, 5.74) is 0. The van der Waals surface area contributed by atoms with Gasteiger partial charge in [-0.3, -0.25) is 10.1 Å². The van der Waals surface area contributed by atoms with Crippen molar-refractivity contribution in [2.24, 2.45) is 5.92 Å². The highest BCUT2D eigenvalue weighted by atomic mass is 32.1. The standard InChI is InChI=1S/C12H14N4O3S/c1-5-3-4-6(20-5)8-7-9(14-11(18)13-8)16(2)12(19)15-10(7)17/h3-4,7-9H,1-2H3,(H2,13,14,18)(H,15,17,19). The SMILES string of the molecule is Cc1ccc(C2NC(=O)NC3C2C(=O)NC(=O)N3C)s1. The predicted molar refractivity (Wildman–Crippen MR) is 72.0 cm³/mol. The Morgan fingerprint density at radius 2 is 1.95 bits per heavy atom. The highest BCUT2D eigenvalue weighted by Crippen LogP contribution is 2.34. The number of urea groups is 2. The van der Waals surface area contributed by atoms with Crippen LogP contribution in [0.1, 0.15) is 15.8 Å². The van der Waals surface area contributed by atoms with E-state index in [1.165, 1.54) is 16.2 Å². The zero-order valence-corrected chi connectivity index (χ0v) is 11.8. The van der Waals surface area contributed by atoms with E-state index in [0.717, 1.165) is 9.75 Å². The fraction of sp³-hybridized carbons (Fsp3) is 0.417. The van der Waals surface area contributed by atoms with Gasteiger partial charge < -0.3 is 15.5 Å². The Morgan fingerprint density at radius 3 is 2.60 bits per heavy atom. The minimum absolute atomic E-state index is 0.373. The van der Waals surface area contributed by atoms with Crippen molar-refractivity contribution in [2.75, 3.05) is 7.05 Å². The molecule has 3 N–H and O–H groups in total. The molecule has 20 heavy (non-hydrogen) atoms. The van der Waals surface area contributed by atoms with Crippen LogP contribution >= 0.6 is 11.3 Å². The van der Waals surface area contributed by atoms with Crippen molar-refractivity contribution in [3.8, 4) is 0 Å². The molecule has 2 aliphatic heterocycles. The molecule has 0 spiro atoms. The summed E-state index contributed by atoms with van der Waals surface area (Å²) in [5.74, 6) is -0.921. The van der Waals surface area contributed by atoms with E-state index in [0.29, 0.717) is 0 Å². The molecule has 2 fully saturated rings. The molecule has 1 aromatic rings. The third kappa shape index (κ3) is 1.92. The van der Waals surface area contributed by atoms with Gasteiger partial charge in [0, 0.05) is 16.8 Å². The van der Waals surface area contributed by atoms with Crippen molar-refractivity contribution in [1.29, 1.82) is 0 Å². The summed E-state index contributed by atoms with van der Waals surface area (Å²) in [6.07, 6.45) is -0.627. The molecule has 2 saturated heterocycles. The van der Waals surface area contributed by atoms with E-state index in [1.54, 1.807) is 7.05 Å². The summed E-state index contributed by atoms with van der Waals surface area (Å²) >= 11 is 1.53. The largest absolute Gasteiger partial charge is 0.330 e. The molecule has 0 aliphatic carbocycles. The minimum Gasteiger partial charge on any atom is -0.330 e. The molecule has 106 valence electrons. The van der Waals surface area contributed by atoms with Crippen LogP contribution in [0.4, 0.5) is 9.59 Å². The zero-order chi connectivity index (χ0) is 14.4. The number of amides is 5. The highest BCUT2D eigenvalue weighted by molar-refractivity contribution is 7.12. The van der Waals surface area contributed by atoms with Gasteiger partial charge in [0.05, 0.1) is 6.04 Å². The third-order valence-corrected chi connectivity index (χ3v) is 4.69. The highest BCUT2D eigenvalue weighted by Gasteiger charge is 2.49. The van der Waals surface area contributed by atoms with Crippen LogP contribution in [0.25, 0.3) is 0 Å². The van der Waals surface area contributed by atoms with Crippen LogP contribution in [0.3, 0.4) is 0 Å². The Kier molecular flexibility index (Phi) is 2.89. The van der Waals surface area contributed by atoms with E-state index in [1.807, 2.05) is 19.1 Å². The van der Waals surface area contributed by atoms with Crippen LogP contribution in [-0.4, -0.2) is 36.1 Å². The first-order valence-corrected chi connectivity index (χ1v) is 7.00. The second kappa shape index (κ2) is 4.48. The van der Waals surface area contributed by atoms with E-state index in [4.69, 9.17) is 0 Å². The molecule has 1 aromatic heterocycles. The van der Waals surface area contributed by atoms with E-state index >= 15 is 0 Å². The van der Waals surface area contributed by atoms with Gasteiger partial charge in [-0.1, -0.05) is 0 Å². The van der Waals surface area contributed by atoms with Gasteiger partial charge in [0.2, 0.25) is 5.91 Å². The summed E-state index contributed by atoms with van der Waals surface area (Å²) in [5, 5.41) is 7.72. The Labute approximate surface area is 119 Å². The number of fused-ring (bicyclic) bond motifs is 1. The second-order valence-corrected chi connectivity index (χ2v) is 6.24. The van der Waals surface area contributed by atoms with Gasteiger partial charge in [-0.2, -0.15) is 0 Å². The van der Waals surface area contributed by atoms with Crippen molar-refractivity contribution in [3.05, 3.63) is 21.9 Å². The van der Waals surface area contributed by atoms with Crippen molar-refractivity contribution in [1.82, 2.24) is 20.9 Å². The van der Waals surface area contributed by atoms with Crippen LogP contribution in [-0.2, 0) is 4.79 Å². The number of carbonyl (C=O) groups is 3. The fourth-order valence-electron chi connectivity index (χ4n) is 2.58. The molecule has 7 nitrogen and oxygen atoms in total. The number of imide groups is 1.